The Morgan fingerprint density at radius 3 is 2.76 bits per heavy atom. The summed E-state index contributed by atoms with van der Waals surface area (Å²) in [6.45, 7) is 0. The van der Waals surface area contributed by atoms with E-state index in [9.17, 15) is 13.6 Å². The van der Waals surface area contributed by atoms with E-state index in [1.807, 2.05) is 0 Å². The van der Waals surface area contributed by atoms with Crippen LogP contribution in [-0.4, -0.2) is 20.7 Å². The molecule has 0 atom stereocenters. The van der Waals surface area contributed by atoms with Gasteiger partial charge < -0.3 is 5.11 Å². The van der Waals surface area contributed by atoms with Crippen molar-refractivity contribution in [2.24, 2.45) is 0 Å². The quantitative estimate of drug-likeness (QED) is 0.927. The molecule has 2 rings (SSSR count). The summed E-state index contributed by atoms with van der Waals surface area (Å²) in [5.74, 6) is -1.18. The lowest BCUT2D eigenvalue weighted by Crippen LogP contribution is -2.06. The maximum atomic E-state index is 12.2. The summed E-state index contributed by atoms with van der Waals surface area (Å²) in [5.41, 5.74) is 0.353. The summed E-state index contributed by atoms with van der Waals surface area (Å²) in [6.07, 6.45) is -0.0370. The molecule has 0 unspecified atom stereocenters. The number of fused-ring (bicyclic) bond motifs is 1. The van der Waals surface area contributed by atoms with Gasteiger partial charge in [0.05, 0.1) is 11.7 Å². The summed E-state index contributed by atoms with van der Waals surface area (Å²) < 4.78 is 25.9. The Labute approximate surface area is 102 Å². The maximum absolute atomic E-state index is 12.2. The molecule has 0 bridgehead atoms. The van der Waals surface area contributed by atoms with Crippen molar-refractivity contribution in [2.75, 3.05) is 0 Å². The van der Waals surface area contributed by atoms with Crippen LogP contribution in [0.2, 0.25) is 0 Å². The number of pyridine rings is 1. The second-order valence-corrected chi connectivity index (χ2v) is 4.11. The van der Waals surface area contributed by atoms with E-state index in [0.29, 0.717) is 16.1 Å². The molecule has 0 spiro atoms. The van der Waals surface area contributed by atoms with Gasteiger partial charge in [-0.1, -0.05) is 15.9 Å². The zero-order valence-corrected chi connectivity index (χ0v) is 9.78. The number of halogens is 3. The Balaban J connectivity index is 2.78. The predicted molar refractivity (Wildman–Crippen MR) is 60.0 cm³/mol. The Hall–Kier alpha value is -1.76. The van der Waals surface area contributed by atoms with Crippen LogP contribution in [0.15, 0.2) is 28.9 Å². The van der Waals surface area contributed by atoms with Crippen LogP contribution in [0, 0.1) is 0 Å². The number of rotatable bonds is 2. The average Bonchev–Trinajstić information content (AvgIpc) is 2.59. The van der Waals surface area contributed by atoms with Gasteiger partial charge in [0.1, 0.15) is 0 Å². The zero-order chi connectivity index (χ0) is 12.6. The molecule has 0 fully saturated rings. The third-order valence-corrected chi connectivity index (χ3v) is 2.56. The van der Waals surface area contributed by atoms with E-state index in [-0.39, 0.29) is 11.3 Å². The summed E-state index contributed by atoms with van der Waals surface area (Å²) in [5, 5.41) is 12.7. The van der Waals surface area contributed by atoms with Crippen LogP contribution in [0.4, 0.5) is 8.78 Å². The van der Waals surface area contributed by atoms with Crippen molar-refractivity contribution >= 4 is 33.5 Å². The Bertz CT molecular complexity index is 633. The summed E-state index contributed by atoms with van der Waals surface area (Å²) in [7, 11) is 0. The molecule has 0 saturated carbocycles. The summed E-state index contributed by atoms with van der Waals surface area (Å²) >= 11 is 3.12. The first-order chi connectivity index (χ1) is 7.99. The minimum Gasteiger partial charge on any atom is -0.477 e. The van der Waals surface area contributed by atoms with E-state index in [2.05, 4.69) is 21.0 Å². The average molecular weight is 303 g/mol. The largest absolute Gasteiger partial charge is 0.477 e. The number of carboxylic acid groups (broad SMARTS) is 1. The van der Waals surface area contributed by atoms with Gasteiger partial charge in [0, 0.05) is 16.1 Å². The molecule has 0 amide bonds. The van der Waals surface area contributed by atoms with E-state index in [1.54, 1.807) is 0 Å². The van der Waals surface area contributed by atoms with Gasteiger partial charge in [0.2, 0.25) is 0 Å². The van der Waals surface area contributed by atoms with Gasteiger partial charge >= 0.3 is 5.97 Å². The van der Waals surface area contributed by atoms with Crippen LogP contribution in [-0.2, 0) is 0 Å². The Kier molecular flexibility index (Phi) is 2.93. The monoisotopic (exact) mass is 302 g/mol. The topological polar surface area (TPSA) is 54.6 Å². The minimum absolute atomic E-state index is 0.103. The molecular weight excluding hydrogens is 298 g/mol. The summed E-state index contributed by atoms with van der Waals surface area (Å²) in [6, 6.07) is 2.87. The van der Waals surface area contributed by atoms with Gasteiger partial charge in [-0.15, -0.1) is 0 Å². The van der Waals surface area contributed by atoms with Crippen LogP contribution in [0.1, 0.15) is 16.1 Å². The number of carboxylic acids is 1. The lowest BCUT2D eigenvalue weighted by molar-refractivity contribution is 0.0687. The molecule has 0 aliphatic heterocycles. The van der Waals surface area contributed by atoms with E-state index < -0.39 is 12.0 Å². The van der Waals surface area contributed by atoms with E-state index in [4.69, 9.17) is 5.11 Å². The highest BCUT2D eigenvalue weighted by Gasteiger charge is 2.13. The van der Waals surface area contributed by atoms with E-state index >= 15 is 0 Å². The van der Waals surface area contributed by atoms with Gasteiger partial charge in [-0.25, -0.2) is 9.31 Å². The molecular formula is C10H5BrF2N2O2. The molecule has 0 aromatic carbocycles. The number of carbonyl (C=O) groups is 1. The highest BCUT2D eigenvalue weighted by atomic mass is 79.9. The first kappa shape index (κ1) is 11.7. The van der Waals surface area contributed by atoms with Gasteiger partial charge in [0.25, 0.3) is 6.08 Å². The van der Waals surface area contributed by atoms with Crippen LogP contribution in [0.3, 0.4) is 0 Å². The molecule has 0 aliphatic rings. The SMILES string of the molecule is O=C(O)c1cc(Br)cc2c(C=C(F)F)cnn12. The number of aromatic carboxylic acids is 1. The molecule has 2 heterocycles. The van der Waals surface area contributed by atoms with Crippen molar-refractivity contribution in [2.45, 2.75) is 0 Å². The van der Waals surface area contributed by atoms with Crippen LogP contribution >= 0.6 is 15.9 Å². The lowest BCUT2D eigenvalue weighted by Gasteiger charge is -2.01. The Morgan fingerprint density at radius 1 is 1.47 bits per heavy atom. The fraction of sp³-hybridized carbons (Fsp3) is 0. The smallest absolute Gasteiger partial charge is 0.354 e. The highest BCUT2D eigenvalue weighted by Crippen LogP contribution is 2.22. The lowest BCUT2D eigenvalue weighted by atomic mass is 10.2. The summed E-state index contributed by atoms with van der Waals surface area (Å²) in [4.78, 5) is 11.0. The van der Waals surface area contributed by atoms with Crippen molar-refractivity contribution in [3.63, 3.8) is 0 Å². The number of hydrogen-bond donors (Lipinski definition) is 1. The first-order valence-corrected chi connectivity index (χ1v) is 5.21. The van der Waals surface area contributed by atoms with Crippen molar-refractivity contribution in [3.05, 3.63) is 40.1 Å². The van der Waals surface area contributed by atoms with Crippen LogP contribution in [0.25, 0.3) is 11.6 Å². The van der Waals surface area contributed by atoms with Crippen LogP contribution < -0.4 is 0 Å². The molecule has 0 aliphatic carbocycles. The fourth-order valence-electron chi connectivity index (χ4n) is 1.45. The molecule has 0 saturated heterocycles. The third kappa shape index (κ3) is 2.19. The predicted octanol–water partition coefficient (Wildman–Crippen LogP) is 3.03. The van der Waals surface area contributed by atoms with E-state index in [0.717, 1.165) is 4.52 Å². The zero-order valence-electron chi connectivity index (χ0n) is 8.19. The normalized spacial score (nSPS) is 10.5. The molecule has 88 valence electrons. The minimum atomic E-state index is -1.86. The molecule has 17 heavy (non-hydrogen) atoms. The molecule has 2 aromatic rings. The number of hydrogen-bond acceptors (Lipinski definition) is 2. The molecule has 4 nitrogen and oxygen atoms in total. The number of nitrogens with zero attached hydrogens (tertiary/aromatic N) is 2. The van der Waals surface area contributed by atoms with Crippen molar-refractivity contribution < 1.29 is 18.7 Å². The molecule has 1 N–H and O–H groups in total. The van der Waals surface area contributed by atoms with Crippen LogP contribution in [0.5, 0.6) is 0 Å². The van der Waals surface area contributed by atoms with Gasteiger partial charge in [-0.05, 0) is 12.1 Å². The van der Waals surface area contributed by atoms with Gasteiger partial charge in [-0.3, -0.25) is 0 Å². The highest BCUT2D eigenvalue weighted by molar-refractivity contribution is 9.10. The van der Waals surface area contributed by atoms with E-state index in [1.165, 1.54) is 18.3 Å². The second kappa shape index (κ2) is 4.25. The second-order valence-electron chi connectivity index (χ2n) is 3.19. The van der Waals surface area contributed by atoms with Crippen molar-refractivity contribution in [1.29, 1.82) is 0 Å². The van der Waals surface area contributed by atoms with Crippen molar-refractivity contribution in [1.82, 2.24) is 9.61 Å². The standard InChI is InChI=1S/C10H5BrF2N2O2/c11-6-2-7-5(1-9(12)13)4-14-15(7)8(3-6)10(16)17/h1-4H,(H,16,17). The Morgan fingerprint density at radius 2 is 2.18 bits per heavy atom. The number of aromatic nitrogens is 2. The maximum Gasteiger partial charge on any atom is 0.354 e. The van der Waals surface area contributed by atoms with Crippen molar-refractivity contribution in [3.8, 4) is 0 Å². The fourth-order valence-corrected chi connectivity index (χ4v) is 1.89. The van der Waals surface area contributed by atoms with Gasteiger partial charge in [0.15, 0.2) is 5.69 Å². The molecule has 7 heteroatoms. The molecule has 2 aromatic heterocycles. The third-order valence-electron chi connectivity index (χ3n) is 2.10. The van der Waals surface area contributed by atoms with Gasteiger partial charge in [-0.2, -0.15) is 13.9 Å². The molecule has 0 radical (unpaired) electrons. The first-order valence-electron chi connectivity index (χ1n) is 4.42.